The zero-order valence-corrected chi connectivity index (χ0v) is 26.1. The molecule has 5 heterocycles. The summed E-state index contributed by atoms with van der Waals surface area (Å²) in [6.07, 6.45) is 8.99. The topological polar surface area (TPSA) is 69.9 Å². The molecule has 41 heavy (non-hydrogen) atoms. The Bertz CT molecular complexity index is 1600. The van der Waals surface area contributed by atoms with E-state index in [-0.39, 0.29) is 5.78 Å². The first-order chi connectivity index (χ1) is 19.9. The molecule has 5 heteroatoms. The van der Waals surface area contributed by atoms with Gasteiger partial charge in [0.1, 0.15) is 5.71 Å². The van der Waals surface area contributed by atoms with E-state index >= 15 is 0 Å². The largest absolute Gasteiger partial charge is 0.352 e. The van der Waals surface area contributed by atoms with Crippen molar-refractivity contribution in [3.05, 3.63) is 85.2 Å². The van der Waals surface area contributed by atoms with Crippen LogP contribution in [-0.2, 0) is 0 Å². The molecule has 5 rings (SSSR count). The van der Waals surface area contributed by atoms with Gasteiger partial charge in [0.2, 0.25) is 5.78 Å². The van der Waals surface area contributed by atoms with E-state index in [0.717, 1.165) is 96.7 Å². The lowest BCUT2D eigenvalue weighted by molar-refractivity contribution is 0.106. The van der Waals surface area contributed by atoms with Gasteiger partial charge in [0, 0.05) is 16.8 Å². The lowest BCUT2D eigenvalue weighted by Gasteiger charge is -2.14. The second kappa shape index (κ2) is 11.7. The first-order valence-corrected chi connectivity index (χ1v) is 15.8. The quantitative estimate of drug-likeness (QED) is 0.345. The van der Waals surface area contributed by atoms with E-state index in [9.17, 15) is 4.79 Å². The lowest BCUT2D eigenvalue weighted by atomic mass is 9.88. The molecule has 0 saturated heterocycles. The molecule has 8 bridgehead atoms. The van der Waals surface area contributed by atoms with E-state index in [1.165, 1.54) is 33.4 Å². The molecule has 0 radical (unpaired) electrons. The summed E-state index contributed by atoms with van der Waals surface area (Å²) in [5.74, 6) is -0.0474. The van der Waals surface area contributed by atoms with Crippen LogP contribution in [0.15, 0.2) is 88.8 Å². The van der Waals surface area contributed by atoms with Crippen molar-refractivity contribution in [1.82, 2.24) is 4.98 Å². The molecular formula is C36H44N4O. The first kappa shape index (κ1) is 28.9. The highest BCUT2D eigenvalue weighted by molar-refractivity contribution is 6.52. The molecule has 4 aliphatic rings. The number of aromatic nitrogens is 1. The zero-order chi connectivity index (χ0) is 29.4. The minimum atomic E-state index is -0.0474. The second-order valence-electron chi connectivity index (χ2n) is 10.9. The molecule has 214 valence electrons. The number of aliphatic imine (C=N–C) groups is 3. The molecule has 0 atom stereocenters. The van der Waals surface area contributed by atoms with E-state index < -0.39 is 0 Å². The Morgan fingerprint density at radius 1 is 0.512 bits per heavy atom. The summed E-state index contributed by atoms with van der Waals surface area (Å²) in [4.78, 5) is 33.3. The second-order valence-corrected chi connectivity index (χ2v) is 10.9. The first-order valence-electron chi connectivity index (χ1n) is 15.8. The molecule has 4 aliphatic heterocycles. The fourth-order valence-corrected chi connectivity index (χ4v) is 7.02. The fourth-order valence-electron chi connectivity index (χ4n) is 7.02. The monoisotopic (exact) mass is 548 g/mol. The highest BCUT2D eigenvalue weighted by Crippen LogP contribution is 2.43. The number of carbonyl (C=O) groups excluding carboxylic acids is 1. The van der Waals surface area contributed by atoms with Gasteiger partial charge in [0.05, 0.1) is 34.2 Å². The Hall–Kier alpha value is -3.60. The number of Topliss-reactive ketones (excluding diaryl/α,β-unsaturated/α-hetero) is 1. The number of fused-ring (bicyclic) bond motifs is 5. The van der Waals surface area contributed by atoms with E-state index in [2.05, 4.69) is 66.4 Å². The molecule has 0 aliphatic carbocycles. The molecule has 0 saturated carbocycles. The number of rotatable bonds is 8. The van der Waals surface area contributed by atoms with Gasteiger partial charge in [-0.05, 0) is 103 Å². The van der Waals surface area contributed by atoms with Gasteiger partial charge in [-0.3, -0.25) is 4.79 Å². The predicted molar refractivity (Wildman–Crippen MR) is 173 cm³/mol. The summed E-state index contributed by atoms with van der Waals surface area (Å²) < 4.78 is 0. The molecule has 0 amide bonds. The summed E-state index contributed by atoms with van der Waals surface area (Å²) in [5.41, 5.74) is 17.1. The van der Waals surface area contributed by atoms with Crippen molar-refractivity contribution in [3.63, 3.8) is 0 Å². The molecule has 0 unspecified atom stereocenters. The third kappa shape index (κ3) is 4.54. The van der Waals surface area contributed by atoms with Crippen LogP contribution in [0.1, 0.15) is 123 Å². The van der Waals surface area contributed by atoms with Crippen molar-refractivity contribution >= 4 is 29.0 Å². The number of aromatic amines is 1. The van der Waals surface area contributed by atoms with Crippen LogP contribution in [0.4, 0.5) is 0 Å². The number of ketones is 1. The Balaban J connectivity index is 1.93. The highest BCUT2D eigenvalue weighted by atomic mass is 16.1. The van der Waals surface area contributed by atoms with Gasteiger partial charge >= 0.3 is 0 Å². The lowest BCUT2D eigenvalue weighted by Crippen LogP contribution is -2.15. The van der Waals surface area contributed by atoms with Crippen molar-refractivity contribution in [2.45, 2.75) is 107 Å². The van der Waals surface area contributed by atoms with Crippen LogP contribution in [0.5, 0.6) is 0 Å². The van der Waals surface area contributed by atoms with Crippen molar-refractivity contribution < 1.29 is 4.79 Å². The van der Waals surface area contributed by atoms with Crippen LogP contribution in [-0.4, -0.2) is 27.9 Å². The number of H-pyrrole nitrogens is 1. The minimum Gasteiger partial charge on any atom is -0.352 e. The van der Waals surface area contributed by atoms with Gasteiger partial charge in [-0.15, -0.1) is 0 Å². The van der Waals surface area contributed by atoms with Gasteiger partial charge in [-0.2, -0.15) is 0 Å². The standard InChI is InChI=1S/C36H44N4O/c1-9-21-22(10-2)31-27(15-7)32-23(11-3)24(12-4)33(39-32)28(16-8)34-25(13-5)26(14-6)35(40-34)36(41)29-18-17-20(37-29)19-30(21)38-31/h17-19,37H,9-16H2,1-8H3. The SMILES string of the molecule is CCC1=C(CC)C2=NC1=Cc1ccc([nH]1)C(=O)C1=NC(=C(CC)C3=NC(=C2CC)C(CC)=C3CC)C(CC)=C1CC. The van der Waals surface area contributed by atoms with Gasteiger partial charge in [-0.1, -0.05) is 55.4 Å². The maximum Gasteiger partial charge on any atom is 0.227 e. The molecule has 0 spiro atoms. The summed E-state index contributed by atoms with van der Waals surface area (Å²) in [6.45, 7) is 17.6. The Kier molecular flexibility index (Phi) is 8.26. The zero-order valence-electron chi connectivity index (χ0n) is 26.1. The van der Waals surface area contributed by atoms with E-state index in [1.807, 2.05) is 12.1 Å². The normalized spacial score (nSPS) is 19.2. The van der Waals surface area contributed by atoms with Crippen LogP contribution in [0.2, 0.25) is 0 Å². The predicted octanol–water partition coefficient (Wildman–Crippen LogP) is 9.59. The smallest absolute Gasteiger partial charge is 0.227 e. The van der Waals surface area contributed by atoms with Crippen molar-refractivity contribution in [3.8, 4) is 0 Å². The number of nitrogens with zero attached hydrogens (tertiary/aromatic N) is 3. The fraction of sp³-hybridized carbons (Fsp3) is 0.444. The van der Waals surface area contributed by atoms with Crippen LogP contribution in [0.25, 0.3) is 6.08 Å². The summed E-state index contributed by atoms with van der Waals surface area (Å²) >= 11 is 0. The van der Waals surface area contributed by atoms with E-state index in [1.54, 1.807) is 0 Å². The van der Waals surface area contributed by atoms with Gasteiger partial charge in [0.15, 0.2) is 0 Å². The number of allylic oxidation sites excluding steroid dienone is 8. The molecular weight excluding hydrogens is 504 g/mol. The molecule has 0 aromatic carbocycles. The molecule has 5 nitrogen and oxygen atoms in total. The average molecular weight is 549 g/mol. The van der Waals surface area contributed by atoms with Crippen molar-refractivity contribution in [1.29, 1.82) is 0 Å². The van der Waals surface area contributed by atoms with Crippen molar-refractivity contribution in [2.24, 2.45) is 15.0 Å². The summed E-state index contributed by atoms with van der Waals surface area (Å²) in [5, 5.41) is 0. The molecule has 1 aromatic rings. The maximum atomic E-state index is 14.0. The average Bonchev–Trinajstić information content (AvgIpc) is 3.76. The number of hydrogen-bond donors (Lipinski definition) is 1. The van der Waals surface area contributed by atoms with Gasteiger partial charge in [-0.25, -0.2) is 15.0 Å². The number of carbonyl (C=O) groups is 1. The van der Waals surface area contributed by atoms with Gasteiger partial charge in [0.25, 0.3) is 0 Å². The van der Waals surface area contributed by atoms with Gasteiger partial charge < -0.3 is 4.98 Å². The highest BCUT2D eigenvalue weighted by Gasteiger charge is 2.34. The minimum absolute atomic E-state index is 0.0474. The third-order valence-electron chi connectivity index (χ3n) is 8.94. The molecule has 1 N–H and O–H groups in total. The van der Waals surface area contributed by atoms with E-state index in [0.29, 0.717) is 11.4 Å². The Labute approximate surface area is 245 Å². The van der Waals surface area contributed by atoms with Crippen LogP contribution in [0.3, 0.4) is 0 Å². The number of hydrogen-bond acceptors (Lipinski definition) is 4. The van der Waals surface area contributed by atoms with Crippen LogP contribution in [0, 0.1) is 0 Å². The third-order valence-corrected chi connectivity index (χ3v) is 8.94. The molecule has 0 fully saturated rings. The van der Waals surface area contributed by atoms with Crippen LogP contribution >= 0.6 is 0 Å². The summed E-state index contributed by atoms with van der Waals surface area (Å²) in [7, 11) is 0. The van der Waals surface area contributed by atoms with Crippen LogP contribution < -0.4 is 0 Å². The van der Waals surface area contributed by atoms with E-state index in [4.69, 9.17) is 15.0 Å². The Morgan fingerprint density at radius 3 is 1.46 bits per heavy atom. The molecule has 1 aromatic heterocycles. The Morgan fingerprint density at radius 2 is 0.951 bits per heavy atom. The van der Waals surface area contributed by atoms with Crippen molar-refractivity contribution in [2.75, 3.05) is 0 Å². The number of nitrogens with one attached hydrogen (secondary N) is 1. The summed E-state index contributed by atoms with van der Waals surface area (Å²) in [6, 6.07) is 3.88. The maximum absolute atomic E-state index is 14.0.